The normalized spacial score (nSPS) is 14.1. The summed E-state index contributed by atoms with van der Waals surface area (Å²) >= 11 is 0. The van der Waals surface area contributed by atoms with E-state index in [1.54, 1.807) is 0 Å². The van der Waals surface area contributed by atoms with Gasteiger partial charge in [0.1, 0.15) is 18.2 Å². The largest absolute Gasteiger partial charge is 0.454 e. The first kappa shape index (κ1) is 21.6. The molecule has 0 unspecified atom stereocenters. The van der Waals surface area contributed by atoms with E-state index in [2.05, 4.69) is 67.9 Å². The maximum Gasteiger partial charge on any atom is 0.216 e. The molecule has 1 aliphatic rings. The minimum Gasteiger partial charge on any atom is -0.454 e. The Hall–Kier alpha value is -3.90. The van der Waals surface area contributed by atoms with E-state index < -0.39 is 0 Å². The second kappa shape index (κ2) is 8.40. The molecule has 1 fully saturated rings. The van der Waals surface area contributed by atoms with E-state index in [4.69, 9.17) is 4.42 Å². The van der Waals surface area contributed by atoms with Gasteiger partial charge in [0, 0.05) is 35.4 Å². The van der Waals surface area contributed by atoms with Gasteiger partial charge in [-0.2, -0.15) is 9.83 Å². The standard InChI is InChI=1S/C32H29N2O/c1-20-13-15-27-30-24(19-33)14-16-26(23-11-5-4-6-12-23)31(30)35-32(27)29(20)28-18-25(17-21(2)34(28)3)22-9-7-8-10-22/h4-6,11-18,22H,7-10H2,1-3H3/q+1. The maximum atomic E-state index is 9.96. The average molecular weight is 458 g/mol. The highest BCUT2D eigenvalue weighted by molar-refractivity contribution is 6.15. The molecule has 35 heavy (non-hydrogen) atoms. The number of hydrogen-bond acceptors (Lipinski definition) is 2. The molecule has 1 saturated carbocycles. The SMILES string of the molecule is Cc1ccc2c(oc3c(-c4ccccc4)ccc(C#N)c32)c1-c1cc(C2CCCC2)cc(C)[n+]1C. The summed E-state index contributed by atoms with van der Waals surface area (Å²) < 4.78 is 9.02. The Kier molecular flexibility index (Phi) is 5.19. The summed E-state index contributed by atoms with van der Waals surface area (Å²) in [7, 11) is 2.14. The van der Waals surface area contributed by atoms with E-state index in [-0.39, 0.29) is 0 Å². The van der Waals surface area contributed by atoms with Crippen molar-refractivity contribution >= 4 is 21.9 Å². The van der Waals surface area contributed by atoms with Crippen LogP contribution in [0.2, 0.25) is 0 Å². The molecule has 6 rings (SSSR count). The van der Waals surface area contributed by atoms with Crippen LogP contribution in [-0.2, 0) is 7.05 Å². The number of fused-ring (bicyclic) bond motifs is 3. The van der Waals surface area contributed by atoms with Gasteiger partial charge in [-0.3, -0.25) is 0 Å². The summed E-state index contributed by atoms with van der Waals surface area (Å²) in [5.41, 5.74) is 10.5. The molecular formula is C32H29N2O+. The molecule has 1 aliphatic carbocycles. The van der Waals surface area contributed by atoms with Crippen molar-refractivity contribution in [2.75, 3.05) is 0 Å². The zero-order chi connectivity index (χ0) is 24.1. The number of hydrogen-bond donors (Lipinski definition) is 0. The number of aryl methyl sites for hydroxylation is 2. The Morgan fingerprint density at radius 3 is 2.43 bits per heavy atom. The molecule has 0 saturated heterocycles. The highest BCUT2D eigenvalue weighted by atomic mass is 16.3. The lowest BCUT2D eigenvalue weighted by molar-refractivity contribution is -0.666. The third-order valence-electron chi connectivity index (χ3n) is 7.85. The van der Waals surface area contributed by atoms with Crippen LogP contribution in [0.4, 0.5) is 0 Å². The number of aromatic nitrogens is 1. The number of benzene rings is 3. The van der Waals surface area contributed by atoms with Crippen molar-refractivity contribution in [2.24, 2.45) is 7.05 Å². The number of rotatable bonds is 3. The smallest absolute Gasteiger partial charge is 0.216 e. The second-order valence-corrected chi connectivity index (χ2v) is 9.93. The first-order valence-electron chi connectivity index (χ1n) is 12.5. The molecule has 2 aromatic heterocycles. The quantitative estimate of drug-likeness (QED) is 0.258. The number of nitrogens with zero attached hydrogens (tertiary/aromatic N) is 2. The van der Waals surface area contributed by atoms with E-state index in [9.17, 15) is 5.26 Å². The molecule has 0 amide bonds. The zero-order valence-corrected chi connectivity index (χ0v) is 20.6. The molecule has 3 aromatic carbocycles. The first-order valence-corrected chi connectivity index (χ1v) is 12.5. The molecular weight excluding hydrogens is 428 g/mol. The predicted octanol–water partition coefficient (Wildman–Crippen LogP) is 7.89. The Bertz CT molecular complexity index is 1630. The molecule has 5 aromatic rings. The van der Waals surface area contributed by atoms with Gasteiger partial charge in [0.25, 0.3) is 0 Å². The molecule has 0 spiro atoms. The van der Waals surface area contributed by atoms with Gasteiger partial charge >= 0.3 is 0 Å². The van der Waals surface area contributed by atoms with E-state index in [0.29, 0.717) is 11.5 Å². The van der Waals surface area contributed by atoms with Crippen molar-refractivity contribution in [3.05, 3.63) is 89.1 Å². The van der Waals surface area contributed by atoms with Crippen LogP contribution in [0.25, 0.3) is 44.3 Å². The fourth-order valence-corrected chi connectivity index (χ4v) is 5.86. The zero-order valence-electron chi connectivity index (χ0n) is 20.6. The third-order valence-corrected chi connectivity index (χ3v) is 7.85. The van der Waals surface area contributed by atoms with Crippen LogP contribution in [0.5, 0.6) is 0 Å². The molecule has 2 heterocycles. The summed E-state index contributed by atoms with van der Waals surface area (Å²) in [6, 6.07) is 25.6. The first-order chi connectivity index (χ1) is 17.1. The van der Waals surface area contributed by atoms with Crippen LogP contribution in [0.3, 0.4) is 0 Å². The van der Waals surface area contributed by atoms with E-state index in [1.807, 2.05) is 30.3 Å². The van der Waals surface area contributed by atoms with Crippen LogP contribution in [0.15, 0.2) is 71.1 Å². The van der Waals surface area contributed by atoms with Crippen LogP contribution < -0.4 is 4.57 Å². The molecule has 0 radical (unpaired) electrons. The molecule has 172 valence electrons. The number of nitriles is 1. The summed E-state index contributed by atoms with van der Waals surface area (Å²) in [6.07, 6.45) is 5.17. The van der Waals surface area contributed by atoms with Gasteiger partial charge < -0.3 is 4.42 Å². The van der Waals surface area contributed by atoms with Gasteiger partial charge in [-0.1, -0.05) is 55.3 Å². The predicted molar refractivity (Wildman–Crippen MR) is 141 cm³/mol. The second-order valence-electron chi connectivity index (χ2n) is 9.93. The van der Waals surface area contributed by atoms with E-state index >= 15 is 0 Å². The summed E-state index contributed by atoms with van der Waals surface area (Å²) in [4.78, 5) is 0. The lowest BCUT2D eigenvalue weighted by Gasteiger charge is -2.13. The monoisotopic (exact) mass is 457 g/mol. The Labute approximate surface area is 206 Å². The fraction of sp³-hybridized carbons (Fsp3) is 0.250. The highest BCUT2D eigenvalue weighted by Gasteiger charge is 2.27. The van der Waals surface area contributed by atoms with Crippen molar-refractivity contribution in [3.63, 3.8) is 0 Å². The van der Waals surface area contributed by atoms with E-state index in [0.717, 1.165) is 38.6 Å². The summed E-state index contributed by atoms with van der Waals surface area (Å²) in [5, 5.41) is 11.9. The van der Waals surface area contributed by atoms with Gasteiger partial charge in [0.15, 0.2) is 5.69 Å². The summed E-state index contributed by atoms with van der Waals surface area (Å²) in [5.74, 6) is 0.638. The molecule has 3 nitrogen and oxygen atoms in total. The van der Waals surface area contributed by atoms with Crippen LogP contribution in [-0.4, -0.2) is 0 Å². The van der Waals surface area contributed by atoms with E-state index in [1.165, 1.54) is 48.2 Å². The van der Waals surface area contributed by atoms with Crippen molar-refractivity contribution in [2.45, 2.75) is 45.4 Å². The van der Waals surface area contributed by atoms with Crippen LogP contribution in [0, 0.1) is 25.2 Å². The van der Waals surface area contributed by atoms with Gasteiger partial charge in [-0.05, 0) is 54.5 Å². The molecule has 3 heteroatoms. The van der Waals surface area contributed by atoms with Gasteiger partial charge in [0.2, 0.25) is 5.69 Å². The Morgan fingerprint density at radius 2 is 1.69 bits per heavy atom. The fourth-order valence-electron chi connectivity index (χ4n) is 5.86. The van der Waals surface area contributed by atoms with Crippen LogP contribution in [0.1, 0.15) is 54.0 Å². The topological polar surface area (TPSA) is 40.8 Å². The summed E-state index contributed by atoms with van der Waals surface area (Å²) in [6.45, 7) is 4.35. The lowest BCUT2D eigenvalue weighted by atomic mass is 9.93. The van der Waals surface area contributed by atoms with Crippen molar-refractivity contribution in [1.82, 2.24) is 0 Å². The molecule has 0 N–H and O–H groups in total. The van der Waals surface area contributed by atoms with Gasteiger partial charge in [-0.25, -0.2) is 0 Å². The molecule has 0 aliphatic heterocycles. The average Bonchev–Trinajstić information content (AvgIpc) is 3.54. The van der Waals surface area contributed by atoms with Gasteiger partial charge in [0.05, 0.1) is 17.2 Å². The lowest BCUT2D eigenvalue weighted by Crippen LogP contribution is -2.35. The van der Waals surface area contributed by atoms with Crippen LogP contribution >= 0.6 is 0 Å². The molecule has 0 atom stereocenters. The Morgan fingerprint density at radius 1 is 0.914 bits per heavy atom. The number of pyridine rings is 1. The van der Waals surface area contributed by atoms with Crippen molar-refractivity contribution < 1.29 is 8.98 Å². The minimum absolute atomic E-state index is 0.638. The minimum atomic E-state index is 0.638. The van der Waals surface area contributed by atoms with Crippen molar-refractivity contribution in [3.8, 4) is 28.5 Å². The number of furan rings is 1. The molecule has 0 bridgehead atoms. The maximum absolute atomic E-state index is 9.96. The third kappa shape index (κ3) is 3.44. The highest BCUT2D eigenvalue weighted by Crippen LogP contribution is 2.43. The van der Waals surface area contributed by atoms with Crippen molar-refractivity contribution in [1.29, 1.82) is 5.26 Å². The Balaban J connectivity index is 1.68. The van der Waals surface area contributed by atoms with Gasteiger partial charge in [-0.15, -0.1) is 0 Å².